The first kappa shape index (κ1) is 26.4. The van der Waals surface area contributed by atoms with Crippen molar-refractivity contribution in [3.63, 3.8) is 0 Å². The molecule has 0 aromatic heterocycles. The van der Waals surface area contributed by atoms with E-state index < -0.39 is 0 Å². The van der Waals surface area contributed by atoms with Gasteiger partial charge in [-0.25, -0.2) is 4.99 Å². The van der Waals surface area contributed by atoms with Gasteiger partial charge in [-0.2, -0.15) is 0 Å². The maximum Gasteiger partial charge on any atom is 0.191 e. The molecular weight excluding hydrogens is 501 g/mol. The van der Waals surface area contributed by atoms with Crippen LogP contribution in [0.25, 0.3) is 0 Å². The standard InChI is InChI=1S/C24H41N5O.HI/c1-3-25-24(26-18-21(2)29-14-16-30-17-15-29)27-19-22-10-6-7-11-23(22)20-28-12-8-4-5-9-13-28;/h6-7,10-11,21H,3-5,8-9,12-20H2,1-2H3,(H2,25,26,27);1H. The average Bonchev–Trinajstić information content (AvgIpc) is 3.05. The van der Waals surface area contributed by atoms with Crippen molar-refractivity contribution in [1.82, 2.24) is 20.4 Å². The Morgan fingerprint density at radius 2 is 1.68 bits per heavy atom. The third-order valence-corrected chi connectivity index (χ3v) is 6.20. The van der Waals surface area contributed by atoms with Crippen LogP contribution in [0.5, 0.6) is 0 Å². The molecule has 3 rings (SSSR count). The second-order valence-electron chi connectivity index (χ2n) is 8.53. The highest BCUT2D eigenvalue weighted by Gasteiger charge is 2.17. The molecule has 2 aliphatic rings. The van der Waals surface area contributed by atoms with Crippen molar-refractivity contribution in [3.8, 4) is 0 Å². The van der Waals surface area contributed by atoms with Crippen LogP contribution in [0.2, 0.25) is 0 Å². The summed E-state index contributed by atoms with van der Waals surface area (Å²) >= 11 is 0. The number of benzene rings is 1. The first-order valence-corrected chi connectivity index (χ1v) is 11.9. The first-order valence-electron chi connectivity index (χ1n) is 11.9. The third-order valence-electron chi connectivity index (χ3n) is 6.20. The fourth-order valence-electron chi connectivity index (χ4n) is 4.30. The maximum atomic E-state index is 5.47. The van der Waals surface area contributed by atoms with E-state index >= 15 is 0 Å². The van der Waals surface area contributed by atoms with E-state index in [9.17, 15) is 0 Å². The number of likely N-dealkylation sites (tertiary alicyclic amines) is 1. The molecular formula is C24H42IN5O. The van der Waals surface area contributed by atoms with Crippen LogP contribution in [-0.4, -0.2) is 74.3 Å². The van der Waals surface area contributed by atoms with Gasteiger partial charge in [-0.1, -0.05) is 37.1 Å². The molecule has 1 aromatic rings. The van der Waals surface area contributed by atoms with E-state index in [1.807, 2.05) is 0 Å². The Kier molecular flexibility index (Phi) is 12.8. The lowest BCUT2D eigenvalue weighted by Gasteiger charge is -2.32. The smallest absolute Gasteiger partial charge is 0.191 e. The minimum Gasteiger partial charge on any atom is -0.379 e. The Balaban J connectivity index is 0.00000341. The number of rotatable bonds is 8. The van der Waals surface area contributed by atoms with Crippen molar-refractivity contribution < 1.29 is 4.74 Å². The third kappa shape index (κ3) is 9.24. The maximum absolute atomic E-state index is 5.47. The summed E-state index contributed by atoms with van der Waals surface area (Å²) in [6.07, 6.45) is 5.42. The Labute approximate surface area is 206 Å². The van der Waals surface area contributed by atoms with Gasteiger partial charge in [-0.05, 0) is 50.9 Å². The molecule has 31 heavy (non-hydrogen) atoms. The van der Waals surface area contributed by atoms with Crippen molar-refractivity contribution in [2.24, 2.45) is 4.99 Å². The lowest BCUT2D eigenvalue weighted by molar-refractivity contribution is 0.0211. The summed E-state index contributed by atoms with van der Waals surface area (Å²) in [4.78, 5) is 10.0. The van der Waals surface area contributed by atoms with Gasteiger partial charge in [-0.15, -0.1) is 24.0 Å². The van der Waals surface area contributed by atoms with Gasteiger partial charge in [0.15, 0.2) is 5.96 Å². The molecule has 0 bridgehead atoms. The minimum atomic E-state index is 0. The van der Waals surface area contributed by atoms with Gasteiger partial charge in [-0.3, -0.25) is 9.80 Å². The van der Waals surface area contributed by atoms with Crippen molar-refractivity contribution in [3.05, 3.63) is 35.4 Å². The number of hydrogen-bond donors (Lipinski definition) is 2. The second-order valence-corrected chi connectivity index (χ2v) is 8.53. The highest BCUT2D eigenvalue weighted by atomic mass is 127. The summed E-state index contributed by atoms with van der Waals surface area (Å²) in [5.41, 5.74) is 2.75. The van der Waals surface area contributed by atoms with E-state index in [1.54, 1.807) is 0 Å². The molecule has 0 amide bonds. The van der Waals surface area contributed by atoms with Gasteiger partial charge < -0.3 is 15.4 Å². The van der Waals surface area contributed by atoms with Gasteiger partial charge in [0.25, 0.3) is 0 Å². The van der Waals surface area contributed by atoms with Crippen LogP contribution in [0.1, 0.15) is 50.7 Å². The van der Waals surface area contributed by atoms with Gasteiger partial charge in [0, 0.05) is 38.8 Å². The summed E-state index contributed by atoms with van der Waals surface area (Å²) in [6, 6.07) is 9.27. The quantitative estimate of drug-likeness (QED) is 0.299. The molecule has 2 N–H and O–H groups in total. The zero-order valence-electron chi connectivity index (χ0n) is 19.4. The molecule has 1 atom stereocenters. The van der Waals surface area contributed by atoms with Crippen molar-refractivity contribution in [2.75, 3.05) is 52.5 Å². The average molecular weight is 544 g/mol. The van der Waals surface area contributed by atoms with Gasteiger partial charge in [0.2, 0.25) is 0 Å². The summed E-state index contributed by atoms with van der Waals surface area (Å²) in [5.74, 6) is 0.905. The summed E-state index contributed by atoms with van der Waals surface area (Å²) in [5, 5.41) is 6.95. The van der Waals surface area contributed by atoms with E-state index in [4.69, 9.17) is 9.73 Å². The number of aliphatic imine (C=N–C) groups is 1. The van der Waals surface area contributed by atoms with Crippen LogP contribution in [0.4, 0.5) is 0 Å². The van der Waals surface area contributed by atoms with Crippen LogP contribution in [0.3, 0.4) is 0 Å². The molecule has 0 spiro atoms. The largest absolute Gasteiger partial charge is 0.379 e. The van der Waals surface area contributed by atoms with Gasteiger partial charge in [0.05, 0.1) is 19.8 Å². The van der Waals surface area contributed by atoms with Crippen LogP contribution in [0, 0.1) is 0 Å². The second kappa shape index (κ2) is 15.0. The van der Waals surface area contributed by atoms with E-state index in [0.717, 1.165) is 51.9 Å². The zero-order chi connectivity index (χ0) is 21.0. The van der Waals surface area contributed by atoms with E-state index in [1.165, 1.54) is 49.9 Å². The molecule has 1 unspecified atom stereocenters. The highest BCUT2D eigenvalue weighted by molar-refractivity contribution is 14.0. The Bertz CT molecular complexity index is 643. The number of hydrogen-bond acceptors (Lipinski definition) is 4. The zero-order valence-corrected chi connectivity index (χ0v) is 21.8. The fraction of sp³-hybridized carbons (Fsp3) is 0.708. The molecule has 2 fully saturated rings. The molecule has 2 heterocycles. The predicted molar refractivity (Wildman–Crippen MR) is 140 cm³/mol. The van der Waals surface area contributed by atoms with Crippen molar-refractivity contribution in [2.45, 2.75) is 58.7 Å². The van der Waals surface area contributed by atoms with Gasteiger partial charge >= 0.3 is 0 Å². The van der Waals surface area contributed by atoms with Crippen LogP contribution in [-0.2, 0) is 17.8 Å². The highest BCUT2D eigenvalue weighted by Crippen LogP contribution is 2.17. The minimum absolute atomic E-state index is 0. The van der Waals surface area contributed by atoms with Crippen molar-refractivity contribution in [1.29, 1.82) is 0 Å². The molecule has 1 aromatic carbocycles. The fourth-order valence-corrected chi connectivity index (χ4v) is 4.30. The number of guanidine groups is 1. The summed E-state index contributed by atoms with van der Waals surface area (Å²) in [7, 11) is 0. The number of ether oxygens (including phenoxy) is 1. The van der Waals surface area contributed by atoms with E-state index in [2.05, 4.69) is 58.5 Å². The number of morpholine rings is 1. The Hall–Kier alpha value is -0.900. The molecule has 0 aliphatic carbocycles. The normalized spacial score (nSPS) is 19.9. The van der Waals surface area contributed by atoms with Crippen LogP contribution < -0.4 is 10.6 Å². The monoisotopic (exact) mass is 543 g/mol. The van der Waals surface area contributed by atoms with Gasteiger partial charge in [0.1, 0.15) is 0 Å². The lowest BCUT2D eigenvalue weighted by atomic mass is 10.1. The first-order chi connectivity index (χ1) is 14.8. The Morgan fingerprint density at radius 1 is 1.00 bits per heavy atom. The number of nitrogens with zero attached hydrogens (tertiary/aromatic N) is 3. The van der Waals surface area contributed by atoms with Crippen LogP contribution >= 0.6 is 24.0 Å². The van der Waals surface area contributed by atoms with E-state index in [0.29, 0.717) is 12.6 Å². The number of nitrogens with one attached hydrogen (secondary N) is 2. The molecule has 176 valence electrons. The molecule has 2 aliphatic heterocycles. The lowest BCUT2D eigenvalue weighted by Crippen LogP contribution is -2.49. The van der Waals surface area contributed by atoms with Crippen molar-refractivity contribution >= 4 is 29.9 Å². The summed E-state index contributed by atoms with van der Waals surface area (Å²) in [6.45, 7) is 14.1. The summed E-state index contributed by atoms with van der Waals surface area (Å²) < 4.78 is 5.47. The topological polar surface area (TPSA) is 52.1 Å². The predicted octanol–water partition coefficient (Wildman–Crippen LogP) is 3.46. The molecule has 0 saturated carbocycles. The molecule has 2 saturated heterocycles. The number of halogens is 1. The molecule has 7 heteroatoms. The Morgan fingerprint density at radius 3 is 2.35 bits per heavy atom. The van der Waals surface area contributed by atoms with E-state index in [-0.39, 0.29) is 24.0 Å². The SMILES string of the molecule is CCNC(=NCc1ccccc1CN1CCCCCC1)NCC(C)N1CCOCC1.I. The molecule has 6 nitrogen and oxygen atoms in total. The molecule has 0 radical (unpaired) electrons. The van der Waals surface area contributed by atoms with Crippen LogP contribution in [0.15, 0.2) is 29.3 Å².